The molecule has 0 aliphatic rings. The predicted octanol–water partition coefficient (Wildman–Crippen LogP) is 27.5. The maximum Gasteiger partial charge on any atom is 0.476 e. The first kappa shape index (κ1) is 77.1. The molecule has 0 spiro atoms. The van der Waals surface area contributed by atoms with E-state index in [0.29, 0.717) is 17.8 Å². The highest BCUT2D eigenvalue weighted by molar-refractivity contribution is 7.48. The second-order valence-corrected chi connectivity index (χ2v) is 27.2. The Morgan fingerprint density at radius 3 is 0.545 bits per heavy atom. The van der Waals surface area contributed by atoms with Crippen LogP contribution in [0.1, 0.15) is 430 Å². The number of rotatable bonds is 63. The van der Waals surface area contributed by atoms with Crippen LogP contribution in [-0.4, -0.2) is 16.8 Å². The average Bonchev–Trinajstić information content (AvgIpc) is 3.43. The molecular weight excluding hydrogens is 960 g/mol. The van der Waals surface area contributed by atoms with Crippen molar-refractivity contribution < 1.29 is 18.1 Å². The van der Waals surface area contributed by atoms with Crippen LogP contribution in [0.25, 0.3) is 0 Å². The summed E-state index contributed by atoms with van der Waals surface area (Å²) in [6.07, 6.45) is 64.6. The van der Waals surface area contributed by atoms with E-state index in [0.717, 1.165) is 116 Å². The fraction of sp³-hybridized carbons (Fsp3) is 1.00. The molecule has 0 heterocycles. The number of phosphoric acid groups is 1. The van der Waals surface area contributed by atoms with Gasteiger partial charge in [0, 0.05) is 0 Å². The molecule has 0 aromatic heterocycles. The summed E-state index contributed by atoms with van der Waals surface area (Å²) in [5.74, 6) is 0.948. The van der Waals surface area contributed by atoms with E-state index in [1.807, 2.05) is 0 Å². The molecule has 4 nitrogen and oxygen atoms in total. The molecule has 0 aliphatic heterocycles. The standard InChI is InChI=1S/C72H147O4P/c1-13-25-34-40-46-52-61-70(67(22-10)58-31-19-7,62-53-47-41-35-26-14-2)74-77(73,75-71(68(23-11)59-32-20-8,63-54-48-42-36-27-15-3)64-55-49-43-37-28-16-4)76-72(69(24-12)60-33-21-9,65-56-50-44-38-29-17-5)66-57-51-45-39-30-18-6/h67-69H,13-66H2,1-12H3. The molecule has 0 radical (unpaired) electrons. The summed E-state index contributed by atoms with van der Waals surface area (Å²) in [5.41, 5.74) is -1.66. The average molecular weight is 1110 g/mol. The van der Waals surface area contributed by atoms with Gasteiger partial charge in [-0.2, -0.15) is 0 Å². The fourth-order valence-corrected chi connectivity index (χ4v) is 16.4. The molecule has 0 amide bonds. The Hall–Kier alpha value is 0.110. The highest BCUT2D eigenvalue weighted by Gasteiger charge is 2.55. The van der Waals surface area contributed by atoms with Gasteiger partial charge in [-0.3, -0.25) is 13.6 Å². The van der Waals surface area contributed by atoms with Crippen molar-refractivity contribution in [2.24, 2.45) is 17.8 Å². The molecule has 0 aliphatic carbocycles. The van der Waals surface area contributed by atoms with E-state index in [2.05, 4.69) is 83.1 Å². The highest BCUT2D eigenvalue weighted by Crippen LogP contribution is 2.66. The Balaban J connectivity index is 8.89. The smallest absolute Gasteiger partial charge is 0.280 e. The molecule has 0 N–H and O–H groups in total. The monoisotopic (exact) mass is 1110 g/mol. The molecule has 0 rings (SSSR count). The van der Waals surface area contributed by atoms with Gasteiger partial charge in [0.25, 0.3) is 0 Å². The van der Waals surface area contributed by atoms with Gasteiger partial charge in [-0.15, -0.1) is 0 Å². The highest BCUT2D eigenvalue weighted by atomic mass is 31.2. The third-order valence-corrected chi connectivity index (χ3v) is 20.8. The summed E-state index contributed by atoms with van der Waals surface area (Å²) >= 11 is 0. The minimum absolute atomic E-state index is 0.316. The van der Waals surface area contributed by atoms with Crippen LogP contribution in [0.4, 0.5) is 0 Å². The van der Waals surface area contributed by atoms with Crippen molar-refractivity contribution in [1.82, 2.24) is 0 Å². The molecule has 3 unspecified atom stereocenters. The first-order valence-corrected chi connectivity index (χ1v) is 37.7. The van der Waals surface area contributed by atoms with Gasteiger partial charge in [-0.05, 0) is 75.5 Å². The van der Waals surface area contributed by atoms with Crippen LogP contribution in [0.15, 0.2) is 0 Å². The third kappa shape index (κ3) is 35.8. The van der Waals surface area contributed by atoms with Gasteiger partial charge >= 0.3 is 7.82 Å². The third-order valence-electron chi connectivity index (χ3n) is 19.0. The van der Waals surface area contributed by atoms with Gasteiger partial charge < -0.3 is 0 Å². The summed E-state index contributed by atoms with van der Waals surface area (Å²) in [5, 5.41) is 0. The first-order valence-electron chi connectivity index (χ1n) is 36.3. The molecule has 0 fully saturated rings. The van der Waals surface area contributed by atoms with Gasteiger partial charge in [0.1, 0.15) is 0 Å². The molecule has 464 valence electrons. The van der Waals surface area contributed by atoms with Crippen LogP contribution in [0.5, 0.6) is 0 Å². The van der Waals surface area contributed by atoms with Crippen molar-refractivity contribution >= 4 is 7.82 Å². The van der Waals surface area contributed by atoms with Crippen LogP contribution in [0.3, 0.4) is 0 Å². The minimum atomic E-state index is -4.28. The summed E-state index contributed by atoms with van der Waals surface area (Å²) in [7, 11) is -4.28. The van der Waals surface area contributed by atoms with Crippen molar-refractivity contribution in [1.29, 1.82) is 0 Å². The van der Waals surface area contributed by atoms with Gasteiger partial charge in [0.05, 0.1) is 16.8 Å². The maximum atomic E-state index is 18.1. The fourth-order valence-electron chi connectivity index (χ4n) is 13.9. The molecule has 0 aromatic carbocycles. The van der Waals surface area contributed by atoms with E-state index < -0.39 is 24.6 Å². The van der Waals surface area contributed by atoms with E-state index in [-0.39, 0.29) is 0 Å². The second-order valence-electron chi connectivity index (χ2n) is 25.8. The number of hydrogen-bond acceptors (Lipinski definition) is 4. The molecule has 3 atom stereocenters. The molecule has 0 saturated carbocycles. The molecular formula is C72H147O4P. The van der Waals surface area contributed by atoms with Gasteiger partial charge in [0.15, 0.2) is 0 Å². The first-order chi connectivity index (χ1) is 37.5. The van der Waals surface area contributed by atoms with Crippen molar-refractivity contribution in [3.63, 3.8) is 0 Å². The zero-order valence-electron chi connectivity index (χ0n) is 55.5. The quantitative estimate of drug-likeness (QED) is 0.0450. The molecule has 0 bridgehead atoms. The lowest BCUT2D eigenvalue weighted by atomic mass is 9.75. The zero-order valence-corrected chi connectivity index (χ0v) is 56.4. The van der Waals surface area contributed by atoms with Gasteiger partial charge in [-0.25, -0.2) is 4.57 Å². The largest absolute Gasteiger partial charge is 0.476 e. The van der Waals surface area contributed by atoms with Crippen molar-refractivity contribution in [3.05, 3.63) is 0 Å². The minimum Gasteiger partial charge on any atom is -0.280 e. The maximum absolute atomic E-state index is 18.1. The number of phosphoric ester groups is 1. The summed E-state index contributed by atoms with van der Waals surface area (Å²) in [6, 6.07) is 0. The van der Waals surface area contributed by atoms with Crippen LogP contribution in [-0.2, 0) is 18.1 Å². The molecule has 0 aromatic rings. The molecule has 5 heteroatoms. The Morgan fingerprint density at radius 2 is 0.390 bits per heavy atom. The Kier molecular flexibility index (Phi) is 53.0. The normalized spacial score (nSPS) is 14.6. The molecule has 77 heavy (non-hydrogen) atoms. The summed E-state index contributed by atoms with van der Waals surface area (Å²) < 4.78 is 43.0. The van der Waals surface area contributed by atoms with Gasteiger partial charge in [-0.1, -0.05) is 372 Å². The van der Waals surface area contributed by atoms with Crippen molar-refractivity contribution in [2.75, 3.05) is 0 Å². The van der Waals surface area contributed by atoms with E-state index in [4.69, 9.17) is 13.6 Å². The number of unbranched alkanes of at least 4 members (excludes halogenated alkanes) is 33. The lowest BCUT2D eigenvalue weighted by molar-refractivity contribution is -0.127. The van der Waals surface area contributed by atoms with E-state index in [1.165, 1.54) is 231 Å². The lowest BCUT2D eigenvalue weighted by Gasteiger charge is -2.50. The van der Waals surface area contributed by atoms with E-state index in [9.17, 15) is 0 Å². The van der Waals surface area contributed by atoms with Crippen LogP contribution in [0, 0.1) is 17.8 Å². The Bertz CT molecular complexity index is 1060. The van der Waals surface area contributed by atoms with Crippen LogP contribution < -0.4 is 0 Å². The SMILES string of the molecule is CCCCCCCCC(CCCCCCCC)(OP(=O)(OC(CCCCCCCC)(CCCCCCCC)C(CC)CCCC)OC(CCCCCCCC)(CCCCCCCC)C(CC)CCCC)C(CC)CCCC. The summed E-state index contributed by atoms with van der Waals surface area (Å²) in [6.45, 7) is 28.4. The predicted molar refractivity (Wildman–Crippen MR) is 347 cm³/mol. The van der Waals surface area contributed by atoms with Crippen molar-refractivity contribution in [3.8, 4) is 0 Å². The molecule has 0 saturated heterocycles. The van der Waals surface area contributed by atoms with Crippen LogP contribution in [0.2, 0.25) is 0 Å². The second kappa shape index (κ2) is 52.9. The lowest BCUT2D eigenvalue weighted by Crippen LogP contribution is -2.47. The van der Waals surface area contributed by atoms with E-state index >= 15 is 4.57 Å². The Morgan fingerprint density at radius 1 is 0.234 bits per heavy atom. The summed E-state index contributed by atoms with van der Waals surface area (Å²) in [4.78, 5) is 0. The van der Waals surface area contributed by atoms with Crippen LogP contribution >= 0.6 is 7.82 Å². The van der Waals surface area contributed by atoms with E-state index in [1.54, 1.807) is 0 Å². The van der Waals surface area contributed by atoms with Crippen molar-refractivity contribution in [2.45, 2.75) is 447 Å². The number of hydrogen-bond donors (Lipinski definition) is 0. The zero-order chi connectivity index (χ0) is 57.0. The van der Waals surface area contributed by atoms with Gasteiger partial charge in [0.2, 0.25) is 0 Å². The topological polar surface area (TPSA) is 44.8 Å². The Labute approximate surface area is 488 Å².